The van der Waals surface area contributed by atoms with Crippen molar-refractivity contribution in [3.8, 4) is 0 Å². The lowest BCUT2D eigenvalue weighted by molar-refractivity contribution is 0.292. The highest BCUT2D eigenvalue weighted by molar-refractivity contribution is 4.96. The van der Waals surface area contributed by atoms with Crippen LogP contribution >= 0.6 is 0 Å². The lowest BCUT2D eigenvalue weighted by Gasteiger charge is -2.02. The first kappa shape index (κ1) is 21.1. The average Bonchev–Trinajstić information content (AvgIpc) is 2.54. The number of aliphatic hydroxyl groups excluding tert-OH is 1. The van der Waals surface area contributed by atoms with E-state index >= 15 is 0 Å². The minimum atomic E-state index is 0.249. The summed E-state index contributed by atoms with van der Waals surface area (Å²) in [4.78, 5) is 0. The molecule has 2 nitrogen and oxygen atoms in total. The van der Waals surface area contributed by atoms with Crippen molar-refractivity contribution < 1.29 is 5.11 Å². The lowest BCUT2D eigenvalue weighted by atomic mass is 10.1. The Bertz CT molecular complexity index is 281. The molecule has 0 bridgehead atoms. The van der Waals surface area contributed by atoms with Crippen molar-refractivity contribution in [3.05, 3.63) is 36.5 Å². The highest BCUT2D eigenvalue weighted by atomic mass is 16.3. The number of hydrogen-bond acceptors (Lipinski definition) is 2. The summed E-state index contributed by atoms with van der Waals surface area (Å²) >= 11 is 0. The predicted octanol–water partition coefficient (Wildman–Crippen LogP) is 5.16. The van der Waals surface area contributed by atoms with Crippen molar-refractivity contribution >= 4 is 0 Å². The third kappa shape index (κ3) is 19.1. The molecule has 0 aromatic rings. The Labute approximate surface area is 138 Å². The van der Waals surface area contributed by atoms with Gasteiger partial charge in [-0.3, -0.25) is 0 Å². The van der Waals surface area contributed by atoms with Crippen LogP contribution in [0.3, 0.4) is 0 Å². The molecule has 0 fully saturated rings. The summed E-state index contributed by atoms with van der Waals surface area (Å²) in [5.41, 5.74) is 0. The number of rotatable bonds is 16. The van der Waals surface area contributed by atoms with Crippen LogP contribution in [0.5, 0.6) is 0 Å². The number of unbranched alkanes of at least 4 members (excludes halogenated alkanes) is 6. The molecule has 0 spiro atoms. The first-order valence-corrected chi connectivity index (χ1v) is 9.18. The Kier molecular flexibility index (Phi) is 19.4. The Morgan fingerprint density at radius 1 is 0.682 bits per heavy atom. The molecule has 2 N–H and O–H groups in total. The Morgan fingerprint density at radius 2 is 1.27 bits per heavy atom. The van der Waals surface area contributed by atoms with Gasteiger partial charge in [-0.05, 0) is 45.1 Å². The number of nitrogens with one attached hydrogen (secondary N) is 1. The summed E-state index contributed by atoms with van der Waals surface area (Å²) in [6.07, 6.45) is 26.0. The van der Waals surface area contributed by atoms with E-state index in [-0.39, 0.29) is 6.61 Å². The molecule has 0 aliphatic carbocycles. The van der Waals surface area contributed by atoms with E-state index in [1.807, 2.05) is 0 Å². The molecule has 0 heterocycles. The van der Waals surface area contributed by atoms with Crippen molar-refractivity contribution in [2.75, 3.05) is 19.7 Å². The molecule has 22 heavy (non-hydrogen) atoms. The van der Waals surface area contributed by atoms with Crippen molar-refractivity contribution in [2.24, 2.45) is 0 Å². The summed E-state index contributed by atoms with van der Waals surface area (Å²) in [6.45, 7) is 4.20. The van der Waals surface area contributed by atoms with E-state index < -0.39 is 0 Å². The number of hydrogen-bond donors (Lipinski definition) is 2. The van der Waals surface area contributed by atoms with Crippen LogP contribution in [0.25, 0.3) is 0 Å². The summed E-state index contributed by atoms with van der Waals surface area (Å²) in [5.74, 6) is 0. The molecule has 0 aromatic heterocycles. The van der Waals surface area contributed by atoms with Gasteiger partial charge in [-0.25, -0.2) is 0 Å². The van der Waals surface area contributed by atoms with Gasteiger partial charge in [0.15, 0.2) is 0 Å². The van der Waals surface area contributed by atoms with E-state index in [2.05, 4.69) is 48.7 Å². The van der Waals surface area contributed by atoms with Gasteiger partial charge >= 0.3 is 0 Å². The van der Waals surface area contributed by atoms with Crippen LogP contribution < -0.4 is 5.32 Å². The molecule has 0 radical (unpaired) electrons. The zero-order valence-electron chi connectivity index (χ0n) is 14.6. The van der Waals surface area contributed by atoms with Gasteiger partial charge in [0, 0.05) is 6.54 Å². The second-order valence-electron chi connectivity index (χ2n) is 5.68. The third-order valence-electron chi connectivity index (χ3n) is 3.54. The van der Waals surface area contributed by atoms with Gasteiger partial charge in [0.2, 0.25) is 0 Å². The van der Waals surface area contributed by atoms with Gasteiger partial charge in [0.05, 0.1) is 6.61 Å². The van der Waals surface area contributed by atoms with Gasteiger partial charge in [0.1, 0.15) is 0 Å². The molecular weight excluding hydrogens is 270 g/mol. The highest BCUT2D eigenvalue weighted by Crippen LogP contribution is 2.07. The second kappa shape index (κ2) is 20.1. The minimum Gasteiger partial charge on any atom is -0.395 e. The SMILES string of the molecule is CC/C=C\C/C=C\C/C=C\CCCCCCCCNCCO. The molecule has 0 aromatic carbocycles. The van der Waals surface area contributed by atoms with Crippen molar-refractivity contribution in [1.29, 1.82) is 0 Å². The van der Waals surface area contributed by atoms with Gasteiger partial charge in [-0.15, -0.1) is 0 Å². The van der Waals surface area contributed by atoms with E-state index in [9.17, 15) is 0 Å². The maximum absolute atomic E-state index is 8.63. The smallest absolute Gasteiger partial charge is 0.0555 e. The largest absolute Gasteiger partial charge is 0.395 e. The first-order chi connectivity index (χ1) is 10.9. The first-order valence-electron chi connectivity index (χ1n) is 9.18. The van der Waals surface area contributed by atoms with E-state index in [0.29, 0.717) is 0 Å². The van der Waals surface area contributed by atoms with Crippen molar-refractivity contribution in [1.82, 2.24) is 5.32 Å². The quantitative estimate of drug-likeness (QED) is 0.305. The third-order valence-corrected chi connectivity index (χ3v) is 3.54. The summed E-state index contributed by atoms with van der Waals surface area (Å²) in [5, 5.41) is 11.8. The van der Waals surface area contributed by atoms with Gasteiger partial charge in [0.25, 0.3) is 0 Å². The second-order valence-corrected chi connectivity index (χ2v) is 5.68. The Morgan fingerprint density at radius 3 is 1.95 bits per heavy atom. The van der Waals surface area contributed by atoms with Crippen molar-refractivity contribution in [2.45, 2.75) is 71.1 Å². The molecule has 0 atom stereocenters. The molecular formula is C20H37NO. The fourth-order valence-electron chi connectivity index (χ4n) is 2.25. The molecule has 0 amide bonds. The molecule has 0 saturated heterocycles. The summed E-state index contributed by atoms with van der Waals surface area (Å²) < 4.78 is 0. The van der Waals surface area contributed by atoms with Crippen LogP contribution in [0, 0.1) is 0 Å². The van der Waals surface area contributed by atoms with Crippen LogP contribution in [-0.2, 0) is 0 Å². The topological polar surface area (TPSA) is 32.3 Å². The van der Waals surface area contributed by atoms with Crippen LogP contribution in [0.2, 0.25) is 0 Å². The fourth-order valence-corrected chi connectivity index (χ4v) is 2.25. The van der Waals surface area contributed by atoms with Gasteiger partial charge < -0.3 is 10.4 Å². The van der Waals surface area contributed by atoms with Crippen LogP contribution in [-0.4, -0.2) is 24.8 Å². The maximum atomic E-state index is 8.63. The number of allylic oxidation sites excluding steroid dienone is 6. The normalized spacial score (nSPS) is 12.3. The molecule has 0 aliphatic rings. The monoisotopic (exact) mass is 307 g/mol. The summed E-state index contributed by atoms with van der Waals surface area (Å²) in [7, 11) is 0. The van der Waals surface area contributed by atoms with E-state index in [1.54, 1.807) is 0 Å². The maximum Gasteiger partial charge on any atom is 0.0555 e. The fraction of sp³-hybridized carbons (Fsp3) is 0.700. The van der Waals surface area contributed by atoms with Crippen LogP contribution in [0.1, 0.15) is 71.1 Å². The predicted molar refractivity (Wildman–Crippen MR) is 99.2 cm³/mol. The molecule has 2 heteroatoms. The minimum absolute atomic E-state index is 0.249. The van der Waals surface area contributed by atoms with Crippen LogP contribution in [0.4, 0.5) is 0 Å². The van der Waals surface area contributed by atoms with Gasteiger partial charge in [-0.2, -0.15) is 0 Å². The standard InChI is InChI=1S/C20H37NO/c1-2-3-4-5-6-7-8-9-10-11-12-13-14-15-16-17-18-21-19-20-22/h3-4,6-7,9-10,21-22H,2,5,8,11-20H2,1H3/b4-3-,7-6-,10-9-. The zero-order valence-corrected chi connectivity index (χ0v) is 14.6. The van der Waals surface area contributed by atoms with Gasteiger partial charge in [-0.1, -0.05) is 69.1 Å². The molecule has 0 rings (SSSR count). The Hall–Kier alpha value is -0.860. The average molecular weight is 308 g/mol. The van der Waals surface area contributed by atoms with Crippen LogP contribution in [0.15, 0.2) is 36.5 Å². The van der Waals surface area contributed by atoms with E-state index in [1.165, 1.54) is 44.9 Å². The molecule has 0 saturated carbocycles. The molecule has 0 aliphatic heterocycles. The van der Waals surface area contributed by atoms with E-state index in [0.717, 1.165) is 32.4 Å². The van der Waals surface area contributed by atoms with Crippen molar-refractivity contribution in [3.63, 3.8) is 0 Å². The lowest BCUT2D eigenvalue weighted by Crippen LogP contribution is -2.19. The molecule has 128 valence electrons. The highest BCUT2D eigenvalue weighted by Gasteiger charge is 1.91. The Balaban J connectivity index is 3.15. The molecule has 0 unspecified atom stereocenters. The zero-order chi connectivity index (χ0) is 16.1. The number of aliphatic hydroxyl groups is 1. The summed E-state index contributed by atoms with van der Waals surface area (Å²) in [6, 6.07) is 0. The van der Waals surface area contributed by atoms with E-state index in [4.69, 9.17) is 5.11 Å².